The molecule has 1 fully saturated rings. The Labute approximate surface area is 172 Å². The highest BCUT2D eigenvalue weighted by Gasteiger charge is 2.55. The number of aliphatic hydroxyl groups is 1. The minimum atomic E-state index is -3.55. The molecule has 1 saturated heterocycles. The first kappa shape index (κ1) is 24.4. The van der Waals surface area contributed by atoms with Gasteiger partial charge in [0.2, 0.25) is 0 Å². The maximum Gasteiger partial charge on any atom is 0.330 e. The smallest absolute Gasteiger partial charge is 0.330 e. The van der Waals surface area contributed by atoms with Crippen molar-refractivity contribution in [2.45, 2.75) is 63.9 Å². The Bertz CT molecular complexity index is 930. The van der Waals surface area contributed by atoms with Gasteiger partial charge in [0.25, 0.3) is 13.1 Å². The lowest BCUT2D eigenvalue weighted by Crippen LogP contribution is -2.43. The Morgan fingerprint density at radius 2 is 2.10 bits per heavy atom. The number of carbonyl (C=O) groups is 1. The molecule has 0 aliphatic carbocycles. The summed E-state index contributed by atoms with van der Waals surface area (Å²) < 4.78 is 44.3. The molecule has 3 N–H and O–H groups in total. The summed E-state index contributed by atoms with van der Waals surface area (Å²) in [4.78, 5) is 37.0. The van der Waals surface area contributed by atoms with E-state index in [1.54, 1.807) is 13.8 Å². The van der Waals surface area contributed by atoms with E-state index in [4.69, 9.17) is 14.0 Å². The SMILES string of the molecule is CC(C)OC(=O)[C@H](C)N[P@](C)(=O)OC[C@H]1O[C@@H](n2ccc(=O)[nH]c2=O)[C@](C)(F)[C@@H]1O. The van der Waals surface area contributed by atoms with Crippen LogP contribution >= 0.6 is 7.52 Å². The number of carbonyl (C=O) groups excluding carboxylic acids is 1. The first-order chi connectivity index (χ1) is 13.7. The molecule has 13 heteroatoms. The van der Waals surface area contributed by atoms with Gasteiger partial charge in [-0.1, -0.05) is 0 Å². The number of aliphatic hydroxyl groups excluding tert-OH is 1. The third-order valence-corrected chi connectivity index (χ3v) is 5.94. The molecular formula is C17H27FN3O8P. The average molecular weight is 451 g/mol. The Morgan fingerprint density at radius 3 is 2.67 bits per heavy atom. The molecule has 0 amide bonds. The molecule has 2 rings (SSSR count). The predicted octanol–water partition coefficient (Wildman–Crippen LogP) is 0.292. The molecular weight excluding hydrogens is 424 g/mol. The molecule has 170 valence electrons. The summed E-state index contributed by atoms with van der Waals surface area (Å²) in [6.07, 6.45) is -3.83. The van der Waals surface area contributed by atoms with Crippen LogP contribution in [-0.4, -0.2) is 63.9 Å². The lowest BCUT2D eigenvalue weighted by atomic mass is 9.98. The van der Waals surface area contributed by atoms with Gasteiger partial charge in [0.1, 0.15) is 18.2 Å². The zero-order valence-corrected chi connectivity index (χ0v) is 18.2. The van der Waals surface area contributed by atoms with Crippen LogP contribution in [0.3, 0.4) is 0 Å². The van der Waals surface area contributed by atoms with E-state index in [2.05, 4.69) is 5.09 Å². The summed E-state index contributed by atoms with van der Waals surface area (Å²) in [6.45, 7) is 6.55. The van der Waals surface area contributed by atoms with Crippen LogP contribution in [0.25, 0.3) is 0 Å². The van der Waals surface area contributed by atoms with Crippen molar-refractivity contribution in [3.63, 3.8) is 0 Å². The van der Waals surface area contributed by atoms with E-state index in [-0.39, 0.29) is 6.10 Å². The van der Waals surface area contributed by atoms with E-state index in [1.807, 2.05) is 4.98 Å². The van der Waals surface area contributed by atoms with Crippen molar-refractivity contribution in [3.05, 3.63) is 33.1 Å². The maximum atomic E-state index is 15.1. The number of alkyl halides is 1. The average Bonchev–Trinajstić information content (AvgIpc) is 2.82. The molecule has 1 aliphatic rings. The van der Waals surface area contributed by atoms with Crippen LogP contribution in [0, 0.1) is 0 Å². The molecule has 2 heterocycles. The Balaban J connectivity index is 2.06. The molecule has 1 aliphatic heterocycles. The van der Waals surface area contributed by atoms with Crippen molar-refractivity contribution >= 4 is 13.5 Å². The molecule has 0 bridgehead atoms. The zero-order valence-electron chi connectivity index (χ0n) is 17.3. The second kappa shape index (κ2) is 9.11. The first-order valence-electron chi connectivity index (χ1n) is 9.29. The normalized spacial score (nSPS) is 29.5. The summed E-state index contributed by atoms with van der Waals surface area (Å²) in [5, 5.41) is 12.8. The Kier molecular flexibility index (Phi) is 7.41. The number of ether oxygens (including phenoxy) is 2. The molecule has 11 nitrogen and oxygen atoms in total. The number of halogens is 1. The van der Waals surface area contributed by atoms with Crippen LogP contribution in [-0.2, 0) is 23.4 Å². The second-order valence-electron chi connectivity index (χ2n) is 7.62. The monoisotopic (exact) mass is 451 g/mol. The molecule has 0 radical (unpaired) electrons. The summed E-state index contributed by atoms with van der Waals surface area (Å²) in [5.41, 5.74) is -3.99. The van der Waals surface area contributed by atoms with E-state index < -0.39 is 61.5 Å². The van der Waals surface area contributed by atoms with Gasteiger partial charge in [0.15, 0.2) is 11.9 Å². The minimum absolute atomic E-state index is 0.351. The van der Waals surface area contributed by atoms with Crippen LogP contribution in [0.5, 0.6) is 0 Å². The summed E-state index contributed by atoms with van der Waals surface area (Å²) in [5.74, 6) is -0.623. The van der Waals surface area contributed by atoms with Crippen LogP contribution in [0.15, 0.2) is 21.9 Å². The number of aromatic amines is 1. The van der Waals surface area contributed by atoms with E-state index in [9.17, 15) is 24.1 Å². The van der Waals surface area contributed by atoms with Crippen molar-refractivity contribution in [2.75, 3.05) is 13.3 Å². The number of rotatable bonds is 8. The van der Waals surface area contributed by atoms with Crippen molar-refractivity contribution in [1.82, 2.24) is 14.6 Å². The quantitative estimate of drug-likeness (QED) is 0.374. The molecule has 30 heavy (non-hydrogen) atoms. The topological polar surface area (TPSA) is 149 Å². The molecule has 1 aromatic heterocycles. The summed E-state index contributed by atoms with van der Waals surface area (Å²) in [6, 6.07) is 0.0790. The molecule has 0 aromatic carbocycles. The molecule has 1 aromatic rings. The second-order valence-corrected chi connectivity index (χ2v) is 9.83. The van der Waals surface area contributed by atoms with Gasteiger partial charge in [-0.25, -0.2) is 14.3 Å². The van der Waals surface area contributed by atoms with Gasteiger partial charge in [-0.05, 0) is 27.7 Å². The van der Waals surface area contributed by atoms with Crippen molar-refractivity contribution in [3.8, 4) is 0 Å². The van der Waals surface area contributed by atoms with Gasteiger partial charge in [-0.3, -0.25) is 23.7 Å². The fourth-order valence-corrected chi connectivity index (χ4v) is 4.27. The highest BCUT2D eigenvalue weighted by atomic mass is 31.2. The van der Waals surface area contributed by atoms with Gasteiger partial charge < -0.3 is 19.1 Å². The number of aromatic nitrogens is 2. The van der Waals surface area contributed by atoms with Gasteiger partial charge in [-0.2, -0.15) is 0 Å². The van der Waals surface area contributed by atoms with E-state index in [0.29, 0.717) is 0 Å². The number of hydrogen-bond donors (Lipinski definition) is 3. The predicted molar refractivity (Wildman–Crippen MR) is 104 cm³/mol. The van der Waals surface area contributed by atoms with Crippen LogP contribution in [0.1, 0.15) is 33.9 Å². The largest absolute Gasteiger partial charge is 0.462 e. The lowest BCUT2D eigenvalue weighted by Gasteiger charge is -2.24. The summed E-state index contributed by atoms with van der Waals surface area (Å²) >= 11 is 0. The molecule has 0 saturated carbocycles. The van der Waals surface area contributed by atoms with Crippen molar-refractivity contribution in [1.29, 1.82) is 0 Å². The Hall–Kier alpha value is -1.85. The first-order valence-corrected chi connectivity index (χ1v) is 11.4. The fourth-order valence-electron chi connectivity index (χ4n) is 2.95. The number of H-pyrrole nitrogens is 1. The molecule has 0 spiro atoms. The summed E-state index contributed by atoms with van der Waals surface area (Å²) in [7, 11) is -3.55. The fraction of sp³-hybridized carbons (Fsp3) is 0.706. The number of nitrogens with one attached hydrogen (secondary N) is 2. The third-order valence-electron chi connectivity index (χ3n) is 4.44. The molecule has 0 unspecified atom stereocenters. The van der Waals surface area contributed by atoms with Gasteiger partial charge >= 0.3 is 11.7 Å². The number of hydrogen-bond acceptors (Lipinski definition) is 8. The van der Waals surface area contributed by atoms with E-state index in [1.165, 1.54) is 13.6 Å². The van der Waals surface area contributed by atoms with Crippen molar-refractivity contribution < 1.29 is 32.9 Å². The lowest BCUT2D eigenvalue weighted by molar-refractivity contribution is -0.149. The number of nitrogens with zero attached hydrogens (tertiary/aromatic N) is 1. The number of esters is 1. The highest BCUT2D eigenvalue weighted by molar-refractivity contribution is 7.56. The van der Waals surface area contributed by atoms with Gasteiger partial charge in [0.05, 0.1) is 12.7 Å². The third kappa shape index (κ3) is 5.64. The Morgan fingerprint density at radius 1 is 1.47 bits per heavy atom. The van der Waals surface area contributed by atoms with Crippen molar-refractivity contribution in [2.24, 2.45) is 0 Å². The van der Waals surface area contributed by atoms with Gasteiger partial charge in [-0.15, -0.1) is 0 Å². The van der Waals surface area contributed by atoms with E-state index >= 15 is 4.39 Å². The minimum Gasteiger partial charge on any atom is -0.462 e. The van der Waals surface area contributed by atoms with Crippen LogP contribution in [0.2, 0.25) is 0 Å². The maximum absolute atomic E-state index is 15.1. The van der Waals surface area contributed by atoms with Gasteiger partial charge in [0, 0.05) is 18.9 Å². The standard InChI is InChI=1S/C17H27FN3O8P/c1-9(2)28-14(24)10(3)20-30(5,26)27-8-11-13(23)17(4,18)15(29-11)21-7-6-12(22)19-16(21)25/h6-7,9-11,13,15,23H,8H2,1-5H3,(H,20,26)(H,19,22,25)/t10-,11+,13+,15+,17+,30+/m0/s1. The van der Waals surface area contributed by atoms with Crippen LogP contribution in [0.4, 0.5) is 4.39 Å². The van der Waals surface area contributed by atoms with E-state index in [0.717, 1.165) is 23.8 Å². The highest BCUT2D eigenvalue weighted by Crippen LogP contribution is 2.44. The molecule has 6 atom stereocenters. The zero-order chi connectivity index (χ0) is 22.9. The van der Waals surface area contributed by atoms with Crippen LogP contribution < -0.4 is 16.3 Å².